The lowest BCUT2D eigenvalue weighted by atomic mass is 10.2. The van der Waals surface area contributed by atoms with Gasteiger partial charge in [-0.15, -0.1) is 5.10 Å². The lowest BCUT2D eigenvalue weighted by Gasteiger charge is -2.17. The molecule has 0 radical (unpaired) electrons. The first-order valence-corrected chi connectivity index (χ1v) is 6.21. The molecule has 2 aromatic rings. The third-order valence-corrected chi connectivity index (χ3v) is 3.33. The molecule has 0 fully saturated rings. The quantitative estimate of drug-likeness (QED) is 0.903. The topological polar surface area (TPSA) is 85.0 Å². The van der Waals surface area contributed by atoms with Gasteiger partial charge in [-0.2, -0.15) is 0 Å². The highest BCUT2D eigenvalue weighted by atomic mass is 32.1. The van der Waals surface area contributed by atoms with Crippen molar-refractivity contribution in [3.05, 3.63) is 29.0 Å². The Balaban J connectivity index is 2.33. The van der Waals surface area contributed by atoms with Crippen LogP contribution in [-0.2, 0) is 6.42 Å². The molecule has 0 aliphatic carbocycles. The summed E-state index contributed by atoms with van der Waals surface area (Å²) in [4.78, 5) is 18.3. The van der Waals surface area contributed by atoms with Crippen LogP contribution in [0.2, 0.25) is 0 Å². The Morgan fingerprint density at radius 1 is 1.56 bits per heavy atom. The van der Waals surface area contributed by atoms with E-state index in [0.717, 1.165) is 11.5 Å². The molecular formula is C11H13N5OS. The zero-order valence-electron chi connectivity index (χ0n) is 10.1. The average molecular weight is 263 g/mol. The zero-order chi connectivity index (χ0) is 13.1. The fourth-order valence-corrected chi connectivity index (χ4v) is 2.30. The molecule has 7 heteroatoms. The van der Waals surface area contributed by atoms with E-state index >= 15 is 0 Å². The van der Waals surface area contributed by atoms with Gasteiger partial charge in [0.1, 0.15) is 4.88 Å². The maximum Gasteiger partial charge on any atom is 0.271 e. The van der Waals surface area contributed by atoms with Crippen LogP contribution in [0.4, 0.5) is 11.4 Å². The van der Waals surface area contributed by atoms with Crippen LogP contribution < -0.4 is 10.6 Å². The first-order valence-electron chi connectivity index (χ1n) is 5.44. The van der Waals surface area contributed by atoms with E-state index in [1.165, 1.54) is 11.1 Å². The number of hydrogen-bond acceptors (Lipinski definition) is 6. The summed E-state index contributed by atoms with van der Waals surface area (Å²) in [7, 11) is 1.67. The maximum absolute atomic E-state index is 12.3. The van der Waals surface area contributed by atoms with Crippen LogP contribution in [-0.4, -0.2) is 27.5 Å². The van der Waals surface area contributed by atoms with Gasteiger partial charge >= 0.3 is 0 Å². The van der Waals surface area contributed by atoms with E-state index in [1.807, 2.05) is 6.92 Å². The Morgan fingerprint density at radius 2 is 2.33 bits per heavy atom. The molecule has 94 valence electrons. The van der Waals surface area contributed by atoms with Gasteiger partial charge in [0.15, 0.2) is 0 Å². The minimum Gasteiger partial charge on any atom is -0.396 e. The van der Waals surface area contributed by atoms with Crippen LogP contribution in [0.15, 0.2) is 18.5 Å². The number of nitrogens with zero attached hydrogens (tertiary/aromatic N) is 4. The van der Waals surface area contributed by atoms with Crippen molar-refractivity contribution in [3.63, 3.8) is 0 Å². The smallest absolute Gasteiger partial charge is 0.271 e. The maximum atomic E-state index is 12.3. The van der Waals surface area contributed by atoms with Crippen LogP contribution in [0.25, 0.3) is 0 Å². The van der Waals surface area contributed by atoms with Crippen molar-refractivity contribution in [3.8, 4) is 0 Å². The highest BCUT2D eigenvalue weighted by molar-refractivity contribution is 7.08. The summed E-state index contributed by atoms with van der Waals surface area (Å²) in [5.41, 5.74) is 7.60. The van der Waals surface area contributed by atoms with E-state index in [1.54, 1.807) is 19.3 Å². The molecule has 2 N–H and O–H groups in total. The second kappa shape index (κ2) is 5.09. The molecule has 0 saturated heterocycles. The van der Waals surface area contributed by atoms with Gasteiger partial charge in [0.2, 0.25) is 0 Å². The summed E-state index contributed by atoms with van der Waals surface area (Å²) in [6.45, 7) is 1.94. The number of nitrogen functional groups attached to an aromatic ring is 1. The molecule has 18 heavy (non-hydrogen) atoms. The highest BCUT2D eigenvalue weighted by Crippen LogP contribution is 2.23. The van der Waals surface area contributed by atoms with E-state index < -0.39 is 0 Å². The van der Waals surface area contributed by atoms with Crippen molar-refractivity contribution >= 4 is 28.8 Å². The number of nitrogens with two attached hydrogens (primary N) is 1. The molecule has 2 aromatic heterocycles. The Bertz CT molecular complexity index is 568. The lowest BCUT2D eigenvalue weighted by Crippen LogP contribution is -2.27. The number of carbonyl (C=O) groups is 1. The first kappa shape index (κ1) is 12.4. The number of aryl methyl sites for hydroxylation is 1. The summed E-state index contributed by atoms with van der Waals surface area (Å²) in [5.74, 6) is -0.153. The third-order valence-electron chi connectivity index (χ3n) is 2.58. The predicted octanol–water partition coefficient (Wildman–Crippen LogP) is 1.35. The number of aromatic nitrogens is 3. The first-order chi connectivity index (χ1) is 8.65. The molecule has 0 unspecified atom stereocenters. The Kier molecular flexibility index (Phi) is 3.52. The average Bonchev–Trinajstić information content (AvgIpc) is 2.86. The van der Waals surface area contributed by atoms with Crippen molar-refractivity contribution in [2.45, 2.75) is 13.3 Å². The largest absolute Gasteiger partial charge is 0.396 e. The minimum atomic E-state index is -0.153. The number of carbonyl (C=O) groups excluding carboxylic acids is 1. The van der Waals surface area contributed by atoms with Gasteiger partial charge in [0, 0.05) is 13.2 Å². The Hall–Kier alpha value is -2.02. The van der Waals surface area contributed by atoms with Crippen LogP contribution in [0.1, 0.15) is 22.3 Å². The molecule has 2 heterocycles. The standard InChI is InChI=1S/C11H13N5OS/c1-3-8-10(18-15-14-8)11(17)16(2)9-4-5-13-6-7(9)12/h4-6H,3,12H2,1-2H3. The molecule has 0 atom stereocenters. The van der Waals surface area contributed by atoms with Gasteiger partial charge in [-0.25, -0.2) is 0 Å². The van der Waals surface area contributed by atoms with Crippen molar-refractivity contribution in [2.75, 3.05) is 17.7 Å². The number of hydrogen-bond donors (Lipinski definition) is 1. The summed E-state index contributed by atoms with van der Waals surface area (Å²) < 4.78 is 3.81. The number of anilines is 2. The number of pyridine rings is 1. The molecular weight excluding hydrogens is 250 g/mol. The Labute approximate surface area is 109 Å². The fourth-order valence-electron chi connectivity index (χ4n) is 1.57. The van der Waals surface area contributed by atoms with Crippen LogP contribution in [0.5, 0.6) is 0 Å². The van der Waals surface area contributed by atoms with Crippen molar-refractivity contribution in [1.29, 1.82) is 0 Å². The normalized spacial score (nSPS) is 10.3. The van der Waals surface area contributed by atoms with Crippen molar-refractivity contribution in [1.82, 2.24) is 14.6 Å². The molecule has 6 nitrogen and oxygen atoms in total. The lowest BCUT2D eigenvalue weighted by molar-refractivity contribution is 0.0996. The number of rotatable bonds is 3. The molecule has 0 aromatic carbocycles. The molecule has 2 rings (SSSR count). The number of amides is 1. The van der Waals surface area contributed by atoms with E-state index in [2.05, 4.69) is 14.6 Å². The molecule has 1 amide bonds. The zero-order valence-corrected chi connectivity index (χ0v) is 10.9. The molecule has 0 spiro atoms. The summed E-state index contributed by atoms with van der Waals surface area (Å²) in [6, 6.07) is 1.70. The van der Waals surface area contributed by atoms with Gasteiger partial charge in [-0.05, 0) is 24.0 Å². The summed E-state index contributed by atoms with van der Waals surface area (Å²) >= 11 is 1.10. The van der Waals surface area contributed by atoms with Gasteiger partial charge in [0.25, 0.3) is 5.91 Å². The van der Waals surface area contributed by atoms with E-state index in [9.17, 15) is 4.79 Å². The highest BCUT2D eigenvalue weighted by Gasteiger charge is 2.21. The van der Waals surface area contributed by atoms with Crippen molar-refractivity contribution in [2.24, 2.45) is 0 Å². The van der Waals surface area contributed by atoms with Gasteiger partial charge < -0.3 is 10.6 Å². The molecule has 0 bridgehead atoms. The minimum absolute atomic E-state index is 0.153. The van der Waals surface area contributed by atoms with Gasteiger partial charge in [-0.3, -0.25) is 9.78 Å². The van der Waals surface area contributed by atoms with Gasteiger partial charge in [-0.1, -0.05) is 11.4 Å². The third kappa shape index (κ3) is 2.17. The summed E-state index contributed by atoms with van der Waals surface area (Å²) in [6.07, 6.45) is 3.79. The fraction of sp³-hybridized carbons (Fsp3) is 0.273. The predicted molar refractivity (Wildman–Crippen MR) is 70.7 cm³/mol. The van der Waals surface area contributed by atoms with E-state index in [0.29, 0.717) is 28.4 Å². The van der Waals surface area contributed by atoms with Crippen LogP contribution in [0, 0.1) is 0 Å². The van der Waals surface area contributed by atoms with Crippen molar-refractivity contribution < 1.29 is 4.79 Å². The SMILES string of the molecule is CCc1nnsc1C(=O)N(C)c1ccncc1N. The second-order valence-electron chi connectivity index (χ2n) is 3.70. The van der Waals surface area contributed by atoms with Crippen LogP contribution in [0.3, 0.4) is 0 Å². The van der Waals surface area contributed by atoms with Crippen LogP contribution >= 0.6 is 11.5 Å². The van der Waals surface area contributed by atoms with E-state index in [-0.39, 0.29) is 5.91 Å². The molecule has 0 aliphatic rings. The monoisotopic (exact) mass is 263 g/mol. The Morgan fingerprint density at radius 3 is 3.00 bits per heavy atom. The van der Waals surface area contributed by atoms with Gasteiger partial charge in [0.05, 0.1) is 23.3 Å². The molecule has 0 saturated carbocycles. The summed E-state index contributed by atoms with van der Waals surface area (Å²) in [5, 5.41) is 3.93. The second-order valence-corrected chi connectivity index (χ2v) is 4.46. The molecule has 0 aliphatic heterocycles. The van der Waals surface area contributed by atoms with E-state index in [4.69, 9.17) is 5.73 Å².